The summed E-state index contributed by atoms with van der Waals surface area (Å²) in [7, 11) is 0. The SMILES string of the molecule is CC(=O)NC1=NC(C)C(C)([C@H]2[C@H](c3ccc(F)c(Cl)c3)C2(C)C)N1. The Hall–Kier alpha value is -1.62. The van der Waals surface area contributed by atoms with E-state index in [1.165, 1.54) is 13.0 Å². The van der Waals surface area contributed by atoms with Crippen molar-refractivity contribution in [2.45, 2.75) is 52.1 Å². The van der Waals surface area contributed by atoms with Gasteiger partial charge in [-0.15, -0.1) is 0 Å². The molecule has 2 aliphatic rings. The van der Waals surface area contributed by atoms with E-state index >= 15 is 0 Å². The number of nitrogens with one attached hydrogen (secondary N) is 2. The number of carbonyl (C=O) groups is 1. The highest BCUT2D eigenvalue weighted by molar-refractivity contribution is 6.30. The van der Waals surface area contributed by atoms with Crippen molar-refractivity contribution >= 4 is 23.5 Å². The van der Waals surface area contributed by atoms with E-state index in [0.29, 0.717) is 5.96 Å². The summed E-state index contributed by atoms with van der Waals surface area (Å²) in [6.07, 6.45) is 0. The largest absolute Gasteiger partial charge is 0.348 e. The van der Waals surface area contributed by atoms with Gasteiger partial charge in [0.2, 0.25) is 5.91 Å². The molecule has 1 amide bonds. The lowest BCUT2D eigenvalue weighted by Crippen LogP contribution is -2.53. The first-order valence-electron chi connectivity index (χ1n) is 8.16. The van der Waals surface area contributed by atoms with Crippen molar-refractivity contribution in [3.05, 3.63) is 34.6 Å². The van der Waals surface area contributed by atoms with Gasteiger partial charge in [0.25, 0.3) is 0 Å². The van der Waals surface area contributed by atoms with Crippen molar-refractivity contribution in [2.24, 2.45) is 16.3 Å². The Morgan fingerprint density at radius 2 is 2.04 bits per heavy atom. The highest BCUT2D eigenvalue weighted by atomic mass is 35.5. The van der Waals surface area contributed by atoms with E-state index in [4.69, 9.17) is 11.6 Å². The molecule has 1 aromatic carbocycles. The Kier molecular flexibility index (Phi) is 3.91. The molecule has 2 unspecified atom stereocenters. The average molecular weight is 352 g/mol. The monoisotopic (exact) mass is 351 g/mol. The van der Waals surface area contributed by atoms with Crippen LogP contribution in [0, 0.1) is 17.2 Å². The van der Waals surface area contributed by atoms with Gasteiger partial charge in [-0.1, -0.05) is 31.5 Å². The summed E-state index contributed by atoms with van der Waals surface area (Å²) in [4.78, 5) is 15.9. The standard InChI is InChI=1S/C18H23ClFN3O/c1-9-18(5,23-16(21-9)22-10(2)24)15-14(17(15,3)4)11-6-7-13(20)12(19)8-11/h6-9,14-15H,1-5H3,(H2,21,22,23,24)/t9?,14-,15-,18?/m0/s1. The molecule has 1 fully saturated rings. The van der Waals surface area contributed by atoms with Gasteiger partial charge in [0.1, 0.15) is 5.82 Å². The van der Waals surface area contributed by atoms with Crippen molar-refractivity contribution in [3.63, 3.8) is 0 Å². The number of halogens is 2. The minimum atomic E-state index is -0.398. The highest BCUT2D eigenvalue weighted by Crippen LogP contribution is 2.69. The summed E-state index contributed by atoms with van der Waals surface area (Å²) < 4.78 is 13.5. The molecular weight excluding hydrogens is 329 g/mol. The second-order valence-electron chi connectivity index (χ2n) is 7.69. The lowest BCUT2D eigenvalue weighted by atomic mass is 9.85. The average Bonchev–Trinajstić information content (AvgIpc) is 2.92. The van der Waals surface area contributed by atoms with Crippen LogP contribution in [0.1, 0.15) is 46.1 Å². The Bertz CT molecular complexity index is 733. The zero-order valence-electron chi connectivity index (χ0n) is 14.6. The first-order chi connectivity index (χ1) is 11.1. The number of rotatable bonds is 2. The quantitative estimate of drug-likeness (QED) is 0.857. The van der Waals surface area contributed by atoms with Crippen molar-refractivity contribution in [3.8, 4) is 0 Å². The fourth-order valence-electron chi connectivity index (χ4n) is 4.37. The number of amides is 1. The van der Waals surface area contributed by atoms with Crippen LogP contribution in [-0.2, 0) is 4.79 Å². The van der Waals surface area contributed by atoms with Gasteiger partial charge in [-0.3, -0.25) is 10.1 Å². The van der Waals surface area contributed by atoms with Crippen LogP contribution in [0.2, 0.25) is 5.02 Å². The fraction of sp³-hybridized carbons (Fsp3) is 0.556. The van der Waals surface area contributed by atoms with Gasteiger partial charge in [-0.05, 0) is 48.8 Å². The van der Waals surface area contributed by atoms with Gasteiger partial charge < -0.3 is 5.32 Å². The molecule has 3 rings (SSSR count). The smallest absolute Gasteiger partial charge is 0.223 e. The van der Waals surface area contributed by atoms with Gasteiger partial charge >= 0.3 is 0 Å². The molecule has 1 aromatic rings. The van der Waals surface area contributed by atoms with Gasteiger partial charge in [0, 0.05) is 6.92 Å². The first-order valence-corrected chi connectivity index (χ1v) is 8.53. The van der Waals surface area contributed by atoms with E-state index in [-0.39, 0.29) is 39.8 Å². The van der Waals surface area contributed by atoms with E-state index in [1.54, 1.807) is 6.07 Å². The van der Waals surface area contributed by atoms with Crippen LogP contribution in [0.25, 0.3) is 0 Å². The van der Waals surface area contributed by atoms with E-state index in [9.17, 15) is 9.18 Å². The van der Waals surface area contributed by atoms with Crippen molar-refractivity contribution in [1.82, 2.24) is 10.6 Å². The summed E-state index contributed by atoms with van der Waals surface area (Å²) in [5.41, 5.74) is 0.783. The lowest BCUT2D eigenvalue weighted by molar-refractivity contribution is -0.117. The maximum atomic E-state index is 13.5. The van der Waals surface area contributed by atoms with Crippen LogP contribution in [0.5, 0.6) is 0 Å². The lowest BCUT2D eigenvalue weighted by Gasteiger charge is -2.31. The maximum absolute atomic E-state index is 13.5. The molecule has 4 nitrogen and oxygen atoms in total. The minimum absolute atomic E-state index is 0.0181. The molecule has 1 saturated carbocycles. The summed E-state index contributed by atoms with van der Waals surface area (Å²) >= 11 is 5.97. The van der Waals surface area contributed by atoms with Crippen molar-refractivity contribution in [2.75, 3.05) is 0 Å². The third kappa shape index (κ3) is 2.59. The molecule has 0 saturated heterocycles. The number of hydrogen-bond acceptors (Lipinski definition) is 3. The number of guanidine groups is 1. The Morgan fingerprint density at radius 1 is 1.38 bits per heavy atom. The molecule has 1 aliphatic carbocycles. The van der Waals surface area contributed by atoms with Crippen LogP contribution in [0.3, 0.4) is 0 Å². The van der Waals surface area contributed by atoms with Crippen molar-refractivity contribution < 1.29 is 9.18 Å². The van der Waals surface area contributed by atoms with Crippen LogP contribution < -0.4 is 10.6 Å². The zero-order chi connectivity index (χ0) is 17.9. The molecular formula is C18H23ClFN3O. The number of carbonyl (C=O) groups excluding carboxylic acids is 1. The topological polar surface area (TPSA) is 53.5 Å². The third-order valence-electron chi connectivity index (χ3n) is 5.65. The molecule has 24 heavy (non-hydrogen) atoms. The van der Waals surface area contributed by atoms with Gasteiger partial charge in [0.15, 0.2) is 5.96 Å². The molecule has 0 bridgehead atoms. The van der Waals surface area contributed by atoms with Crippen molar-refractivity contribution in [1.29, 1.82) is 0 Å². The Labute approximate surface area is 146 Å². The number of benzene rings is 1. The maximum Gasteiger partial charge on any atom is 0.223 e. The summed E-state index contributed by atoms with van der Waals surface area (Å²) in [5.74, 6) is 0.523. The summed E-state index contributed by atoms with van der Waals surface area (Å²) in [5, 5.41) is 6.29. The summed E-state index contributed by atoms with van der Waals surface area (Å²) in [6.45, 7) is 10.1. The normalized spacial score (nSPS) is 33.6. The van der Waals surface area contributed by atoms with Crippen LogP contribution in [-0.4, -0.2) is 23.4 Å². The van der Waals surface area contributed by atoms with E-state index in [2.05, 4.69) is 36.4 Å². The summed E-state index contributed by atoms with van der Waals surface area (Å²) in [6, 6.07) is 4.98. The molecule has 0 spiro atoms. The number of hydrogen-bond donors (Lipinski definition) is 2. The second kappa shape index (κ2) is 5.45. The molecule has 1 heterocycles. The molecule has 0 aromatic heterocycles. The van der Waals surface area contributed by atoms with Gasteiger partial charge in [-0.2, -0.15) is 0 Å². The highest BCUT2D eigenvalue weighted by Gasteiger charge is 2.68. The molecule has 0 radical (unpaired) electrons. The van der Waals surface area contributed by atoms with E-state index in [0.717, 1.165) is 5.56 Å². The van der Waals surface area contributed by atoms with E-state index in [1.807, 2.05) is 13.0 Å². The molecule has 4 atom stereocenters. The van der Waals surface area contributed by atoms with Crippen LogP contribution in [0.15, 0.2) is 23.2 Å². The van der Waals surface area contributed by atoms with E-state index < -0.39 is 5.82 Å². The Morgan fingerprint density at radius 3 is 2.62 bits per heavy atom. The molecule has 1 aliphatic heterocycles. The molecule has 130 valence electrons. The van der Waals surface area contributed by atoms with Crippen LogP contribution >= 0.6 is 11.6 Å². The molecule has 2 N–H and O–H groups in total. The van der Waals surface area contributed by atoms with Gasteiger partial charge in [0.05, 0.1) is 16.6 Å². The van der Waals surface area contributed by atoms with Gasteiger partial charge in [-0.25, -0.2) is 9.38 Å². The second-order valence-corrected chi connectivity index (χ2v) is 8.10. The van der Waals surface area contributed by atoms with Crippen LogP contribution in [0.4, 0.5) is 4.39 Å². The Balaban J connectivity index is 1.87. The predicted octanol–water partition coefficient (Wildman–Crippen LogP) is 3.46. The zero-order valence-corrected chi connectivity index (χ0v) is 15.3. The number of nitrogens with zero attached hydrogens (tertiary/aromatic N) is 1. The third-order valence-corrected chi connectivity index (χ3v) is 5.94. The first kappa shape index (κ1) is 17.2. The number of aliphatic imine (C=N–C) groups is 1. The predicted molar refractivity (Wildman–Crippen MR) is 93.7 cm³/mol. The fourth-order valence-corrected chi connectivity index (χ4v) is 4.56. The minimum Gasteiger partial charge on any atom is -0.348 e. The molecule has 6 heteroatoms.